The van der Waals surface area contributed by atoms with Crippen molar-refractivity contribution in [1.82, 2.24) is 14.7 Å². The second-order valence-electron chi connectivity index (χ2n) is 5.76. The Morgan fingerprint density at radius 1 is 1.39 bits per heavy atom. The van der Waals surface area contributed by atoms with Gasteiger partial charge in [0.1, 0.15) is 5.56 Å². The van der Waals surface area contributed by atoms with Crippen molar-refractivity contribution < 1.29 is 14.7 Å². The van der Waals surface area contributed by atoms with Crippen LogP contribution in [0.25, 0.3) is 0 Å². The summed E-state index contributed by atoms with van der Waals surface area (Å²) in [5, 5.41) is 15.3. The Hall–Kier alpha value is -2.15. The molecule has 3 heterocycles. The SMILES string of the molecule is Cc1c(C(=O)O)cnn1C1CCN(C(=O)Cc2cccs2)CC1. The fraction of sp³-hybridized carbons (Fsp3) is 0.438. The molecule has 2 aromatic heterocycles. The van der Waals surface area contributed by atoms with Crippen molar-refractivity contribution >= 4 is 23.2 Å². The summed E-state index contributed by atoms with van der Waals surface area (Å²) in [5.74, 6) is -0.786. The normalized spacial score (nSPS) is 15.8. The molecule has 6 nitrogen and oxygen atoms in total. The lowest BCUT2D eigenvalue weighted by atomic mass is 10.0. The lowest BCUT2D eigenvalue weighted by Gasteiger charge is -2.32. The van der Waals surface area contributed by atoms with Crippen LogP contribution in [0.3, 0.4) is 0 Å². The maximum absolute atomic E-state index is 12.3. The number of carboxylic acid groups (broad SMARTS) is 1. The number of carbonyl (C=O) groups excluding carboxylic acids is 1. The number of nitrogens with zero attached hydrogens (tertiary/aromatic N) is 3. The number of aromatic carboxylic acids is 1. The molecule has 0 radical (unpaired) electrons. The fourth-order valence-electron chi connectivity index (χ4n) is 3.04. The molecule has 23 heavy (non-hydrogen) atoms. The Balaban J connectivity index is 1.60. The van der Waals surface area contributed by atoms with Gasteiger partial charge < -0.3 is 10.0 Å². The zero-order valence-corrected chi connectivity index (χ0v) is 13.8. The Morgan fingerprint density at radius 2 is 2.13 bits per heavy atom. The zero-order chi connectivity index (χ0) is 16.4. The first-order valence-electron chi connectivity index (χ1n) is 7.64. The van der Waals surface area contributed by atoms with E-state index in [1.54, 1.807) is 22.9 Å². The summed E-state index contributed by atoms with van der Waals surface area (Å²) < 4.78 is 1.80. The van der Waals surface area contributed by atoms with Crippen LogP contribution >= 0.6 is 11.3 Å². The van der Waals surface area contributed by atoms with Gasteiger partial charge in [0.2, 0.25) is 5.91 Å². The number of thiophene rings is 1. The highest BCUT2D eigenvalue weighted by molar-refractivity contribution is 7.10. The molecule has 0 atom stereocenters. The predicted molar refractivity (Wildman–Crippen MR) is 86.8 cm³/mol. The summed E-state index contributed by atoms with van der Waals surface area (Å²) >= 11 is 1.60. The van der Waals surface area contributed by atoms with E-state index >= 15 is 0 Å². The molecule has 2 aromatic rings. The highest BCUT2D eigenvalue weighted by atomic mass is 32.1. The monoisotopic (exact) mass is 333 g/mol. The summed E-state index contributed by atoms with van der Waals surface area (Å²) in [6, 6.07) is 4.10. The van der Waals surface area contributed by atoms with Crippen LogP contribution in [0.5, 0.6) is 0 Å². The number of piperidine rings is 1. The Labute approximate surface area is 138 Å². The lowest BCUT2D eigenvalue weighted by molar-refractivity contribution is -0.131. The number of rotatable bonds is 4. The van der Waals surface area contributed by atoms with Crippen LogP contribution in [-0.4, -0.2) is 44.8 Å². The topological polar surface area (TPSA) is 75.4 Å². The molecule has 0 bridgehead atoms. The quantitative estimate of drug-likeness (QED) is 0.932. The summed E-state index contributed by atoms with van der Waals surface area (Å²) in [4.78, 5) is 26.4. The molecule has 0 unspecified atom stereocenters. The summed E-state index contributed by atoms with van der Waals surface area (Å²) in [5.41, 5.74) is 0.932. The van der Waals surface area contributed by atoms with E-state index in [4.69, 9.17) is 5.11 Å². The molecule has 1 aliphatic rings. The van der Waals surface area contributed by atoms with Gasteiger partial charge in [-0.3, -0.25) is 9.48 Å². The largest absolute Gasteiger partial charge is 0.478 e. The third kappa shape index (κ3) is 3.29. The van der Waals surface area contributed by atoms with Crippen molar-refractivity contribution in [2.24, 2.45) is 0 Å². The second-order valence-corrected chi connectivity index (χ2v) is 6.79. The Kier molecular flexibility index (Phi) is 4.47. The standard InChI is InChI=1S/C16H19N3O3S/c1-11-14(16(21)22)10-17-19(11)12-4-6-18(7-5-12)15(20)9-13-3-2-8-23-13/h2-3,8,10,12H,4-7,9H2,1H3,(H,21,22). The summed E-state index contributed by atoms with van der Waals surface area (Å²) in [6.45, 7) is 3.16. The molecule has 0 aliphatic carbocycles. The molecule has 122 valence electrons. The van der Waals surface area contributed by atoms with E-state index in [0.717, 1.165) is 17.7 Å². The third-order valence-corrected chi connectivity index (χ3v) is 5.22. The number of aromatic nitrogens is 2. The van der Waals surface area contributed by atoms with Gasteiger partial charge in [0, 0.05) is 18.0 Å². The van der Waals surface area contributed by atoms with Gasteiger partial charge in [-0.15, -0.1) is 11.3 Å². The lowest BCUT2D eigenvalue weighted by Crippen LogP contribution is -2.40. The first-order valence-corrected chi connectivity index (χ1v) is 8.52. The van der Waals surface area contributed by atoms with Gasteiger partial charge in [-0.05, 0) is 31.2 Å². The molecular formula is C16H19N3O3S. The minimum atomic E-state index is -0.947. The van der Waals surface area contributed by atoms with Gasteiger partial charge in [-0.2, -0.15) is 5.10 Å². The highest BCUT2D eigenvalue weighted by Gasteiger charge is 2.26. The first kappa shape index (κ1) is 15.7. The van der Waals surface area contributed by atoms with E-state index in [0.29, 0.717) is 25.2 Å². The average Bonchev–Trinajstić information content (AvgIpc) is 3.17. The maximum atomic E-state index is 12.3. The number of hydrogen-bond acceptors (Lipinski definition) is 4. The number of amides is 1. The van der Waals surface area contributed by atoms with Crippen molar-refractivity contribution in [1.29, 1.82) is 0 Å². The van der Waals surface area contributed by atoms with Crippen LogP contribution in [0.4, 0.5) is 0 Å². The van der Waals surface area contributed by atoms with Crippen molar-refractivity contribution in [3.8, 4) is 0 Å². The molecule has 7 heteroatoms. The maximum Gasteiger partial charge on any atom is 0.339 e. The van der Waals surface area contributed by atoms with Crippen LogP contribution in [0.15, 0.2) is 23.7 Å². The van der Waals surface area contributed by atoms with Crippen LogP contribution in [-0.2, 0) is 11.2 Å². The summed E-state index contributed by atoms with van der Waals surface area (Å²) in [7, 11) is 0. The van der Waals surface area contributed by atoms with Gasteiger partial charge in [-0.25, -0.2) is 4.79 Å². The van der Waals surface area contributed by atoms with Crippen LogP contribution in [0.1, 0.15) is 39.8 Å². The number of likely N-dealkylation sites (tertiary alicyclic amines) is 1. The number of carboxylic acids is 1. The van der Waals surface area contributed by atoms with Crippen LogP contribution in [0, 0.1) is 6.92 Å². The Bertz CT molecular complexity index is 700. The van der Waals surface area contributed by atoms with Crippen molar-refractivity contribution in [3.63, 3.8) is 0 Å². The smallest absolute Gasteiger partial charge is 0.339 e. The van der Waals surface area contributed by atoms with Gasteiger partial charge in [0.25, 0.3) is 0 Å². The average molecular weight is 333 g/mol. The van der Waals surface area contributed by atoms with Crippen molar-refractivity contribution in [2.45, 2.75) is 32.2 Å². The molecule has 1 aliphatic heterocycles. The van der Waals surface area contributed by atoms with Crippen molar-refractivity contribution in [2.75, 3.05) is 13.1 Å². The fourth-order valence-corrected chi connectivity index (χ4v) is 3.73. The van der Waals surface area contributed by atoms with Crippen LogP contribution < -0.4 is 0 Å². The molecule has 3 rings (SSSR count). The second kappa shape index (κ2) is 6.54. The molecule has 1 N–H and O–H groups in total. The zero-order valence-electron chi connectivity index (χ0n) is 12.9. The third-order valence-electron chi connectivity index (χ3n) is 4.34. The summed E-state index contributed by atoms with van der Waals surface area (Å²) in [6.07, 6.45) is 3.48. The van der Waals surface area contributed by atoms with Crippen LogP contribution in [0.2, 0.25) is 0 Å². The highest BCUT2D eigenvalue weighted by Crippen LogP contribution is 2.25. The Morgan fingerprint density at radius 3 is 2.70 bits per heavy atom. The van der Waals surface area contributed by atoms with E-state index in [1.165, 1.54) is 6.20 Å². The molecule has 1 amide bonds. The van der Waals surface area contributed by atoms with E-state index in [-0.39, 0.29) is 17.5 Å². The number of carbonyl (C=O) groups is 2. The van der Waals surface area contributed by atoms with Crippen molar-refractivity contribution in [3.05, 3.63) is 39.8 Å². The molecule has 0 saturated carbocycles. The van der Waals surface area contributed by atoms with E-state index in [9.17, 15) is 9.59 Å². The van der Waals surface area contributed by atoms with E-state index < -0.39 is 5.97 Å². The van der Waals surface area contributed by atoms with Gasteiger partial charge in [-0.1, -0.05) is 6.07 Å². The molecular weight excluding hydrogens is 314 g/mol. The first-order chi connectivity index (χ1) is 11.1. The molecule has 1 saturated heterocycles. The van der Waals surface area contributed by atoms with E-state index in [1.807, 2.05) is 22.4 Å². The minimum absolute atomic E-state index is 0.161. The molecule has 0 aromatic carbocycles. The van der Waals surface area contributed by atoms with Gasteiger partial charge >= 0.3 is 5.97 Å². The van der Waals surface area contributed by atoms with Gasteiger partial charge in [0.15, 0.2) is 0 Å². The molecule has 0 spiro atoms. The minimum Gasteiger partial charge on any atom is -0.478 e. The number of hydrogen-bond donors (Lipinski definition) is 1. The van der Waals surface area contributed by atoms with Gasteiger partial charge in [0.05, 0.1) is 24.4 Å². The van der Waals surface area contributed by atoms with E-state index in [2.05, 4.69) is 5.10 Å². The predicted octanol–water partition coefficient (Wildman–Crippen LogP) is 2.36. The molecule has 1 fully saturated rings.